The molecule has 1 atom stereocenters. The Morgan fingerprint density at radius 3 is 2.41 bits per heavy atom. The molecule has 0 fully saturated rings. The average Bonchev–Trinajstić information content (AvgIpc) is 3.20. The number of halogens is 1. The zero-order valence-corrected chi connectivity index (χ0v) is 16.1. The van der Waals surface area contributed by atoms with Crippen LogP contribution in [0, 0.1) is 0 Å². The van der Waals surface area contributed by atoms with Gasteiger partial charge in [-0.25, -0.2) is 0 Å². The average molecular weight is 399 g/mol. The van der Waals surface area contributed by atoms with Gasteiger partial charge in [-0.15, -0.1) is 11.3 Å². The minimum Gasteiger partial charge on any atom is -0.351 e. The summed E-state index contributed by atoms with van der Waals surface area (Å²) in [5, 5.41) is 8.19. The van der Waals surface area contributed by atoms with Crippen LogP contribution in [-0.2, 0) is 11.3 Å². The summed E-state index contributed by atoms with van der Waals surface area (Å²) in [6.45, 7) is 0.483. The predicted molar refractivity (Wildman–Crippen MR) is 109 cm³/mol. The van der Waals surface area contributed by atoms with Crippen molar-refractivity contribution in [3.05, 3.63) is 93.1 Å². The first-order valence-electron chi connectivity index (χ1n) is 8.53. The molecule has 0 aliphatic carbocycles. The quantitative estimate of drug-likeness (QED) is 0.612. The molecule has 0 saturated heterocycles. The van der Waals surface area contributed by atoms with Crippen molar-refractivity contribution in [1.29, 1.82) is 0 Å². The molecule has 0 bridgehead atoms. The van der Waals surface area contributed by atoms with Gasteiger partial charge in [0.25, 0.3) is 5.91 Å². The normalized spacial score (nSPS) is 11.6. The third-order valence-electron chi connectivity index (χ3n) is 4.06. The molecule has 1 aromatic heterocycles. The molecule has 0 unspecified atom stereocenters. The van der Waals surface area contributed by atoms with Crippen LogP contribution < -0.4 is 10.6 Å². The van der Waals surface area contributed by atoms with Gasteiger partial charge in [-0.3, -0.25) is 9.59 Å². The van der Waals surface area contributed by atoms with Gasteiger partial charge >= 0.3 is 0 Å². The second kappa shape index (κ2) is 9.35. The van der Waals surface area contributed by atoms with Crippen LogP contribution in [0.5, 0.6) is 0 Å². The van der Waals surface area contributed by atoms with Crippen LogP contribution in [-0.4, -0.2) is 11.8 Å². The van der Waals surface area contributed by atoms with E-state index in [0.717, 1.165) is 10.4 Å². The molecule has 3 aromatic rings. The maximum atomic E-state index is 12.6. The summed E-state index contributed by atoms with van der Waals surface area (Å²) in [5.41, 5.74) is 1.25. The predicted octanol–water partition coefficient (Wildman–Crippen LogP) is 4.58. The molecule has 4 nitrogen and oxygen atoms in total. The van der Waals surface area contributed by atoms with Gasteiger partial charge in [0.2, 0.25) is 5.91 Å². The second-order valence-corrected chi connectivity index (χ2v) is 7.42. The van der Waals surface area contributed by atoms with Gasteiger partial charge in [-0.2, -0.15) is 0 Å². The summed E-state index contributed by atoms with van der Waals surface area (Å²) in [6, 6.07) is 19.8. The lowest BCUT2D eigenvalue weighted by atomic mass is 10.0. The first-order chi connectivity index (χ1) is 13.1. The second-order valence-electron chi connectivity index (χ2n) is 5.98. The van der Waals surface area contributed by atoms with Crippen molar-refractivity contribution in [3.8, 4) is 0 Å². The Morgan fingerprint density at radius 1 is 0.963 bits per heavy atom. The zero-order valence-electron chi connectivity index (χ0n) is 14.5. The first-order valence-corrected chi connectivity index (χ1v) is 9.78. The topological polar surface area (TPSA) is 58.2 Å². The Balaban J connectivity index is 1.70. The van der Waals surface area contributed by atoms with E-state index in [0.29, 0.717) is 17.1 Å². The van der Waals surface area contributed by atoms with E-state index in [2.05, 4.69) is 10.6 Å². The number of carbonyl (C=O) groups is 2. The molecule has 0 aliphatic heterocycles. The molecule has 0 spiro atoms. The summed E-state index contributed by atoms with van der Waals surface area (Å²) < 4.78 is 0. The van der Waals surface area contributed by atoms with E-state index in [1.165, 1.54) is 0 Å². The molecule has 0 radical (unpaired) electrons. The number of benzene rings is 2. The lowest BCUT2D eigenvalue weighted by Crippen LogP contribution is -2.33. The summed E-state index contributed by atoms with van der Waals surface area (Å²) >= 11 is 7.71. The van der Waals surface area contributed by atoms with Gasteiger partial charge < -0.3 is 10.6 Å². The Kier molecular flexibility index (Phi) is 6.63. The van der Waals surface area contributed by atoms with Crippen molar-refractivity contribution in [2.45, 2.75) is 19.0 Å². The number of thiophene rings is 1. The SMILES string of the molecule is O=C(C[C@@H](NC(=O)c1ccccc1Cl)c1ccccc1)NCc1cccs1. The smallest absolute Gasteiger partial charge is 0.253 e. The summed E-state index contributed by atoms with van der Waals surface area (Å²) in [7, 11) is 0. The number of hydrogen-bond acceptors (Lipinski definition) is 3. The van der Waals surface area contributed by atoms with Crippen molar-refractivity contribution in [3.63, 3.8) is 0 Å². The molecular formula is C21H19ClN2O2S. The van der Waals surface area contributed by atoms with Crippen LogP contribution in [0.2, 0.25) is 5.02 Å². The van der Waals surface area contributed by atoms with E-state index in [1.807, 2.05) is 47.8 Å². The van der Waals surface area contributed by atoms with Crippen molar-refractivity contribution in [2.24, 2.45) is 0 Å². The van der Waals surface area contributed by atoms with Gasteiger partial charge in [0.15, 0.2) is 0 Å². The largest absolute Gasteiger partial charge is 0.351 e. The first kappa shape index (κ1) is 19.1. The number of carbonyl (C=O) groups excluding carboxylic acids is 2. The Hall–Kier alpha value is -2.63. The summed E-state index contributed by atoms with van der Waals surface area (Å²) in [5.74, 6) is -0.433. The molecular weight excluding hydrogens is 380 g/mol. The Bertz CT molecular complexity index is 898. The molecule has 2 aromatic carbocycles. The monoisotopic (exact) mass is 398 g/mol. The van der Waals surface area contributed by atoms with Gasteiger partial charge in [0.05, 0.1) is 29.6 Å². The van der Waals surface area contributed by atoms with Crippen LogP contribution in [0.3, 0.4) is 0 Å². The molecule has 27 heavy (non-hydrogen) atoms. The number of hydrogen-bond donors (Lipinski definition) is 2. The lowest BCUT2D eigenvalue weighted by Gasteiger charge is -2.19. The van der Waals surface area contributed by atoms with E-state index in [9.17, 15) is 9.59 Å². The standard InChI is InChI=1S/C21H19ClN2O2S/c22-18-11-5-4-10-17(18)21(26)24-19(15-7-2-1-3-8-15)13-20(25)23-14-16-9-6-12-27-16/h1-12,19H,13-14H2,(H,23,25)(H,24,26)/t19-/m1/s1. The number of nitrogens with one attached hydrogen (secondary N) is 2. The van der Waals surface area contributed by atoms with E-state index < -0.39 is 6.04 Å². The fourth-order valence-electron chi connectivity index (χ4n) is 2.68. The minimum atomic E-state index is -0.446. The fourth-order valence-corrected chi connectivity index (χ4v) is 3.54. The highest BCUT2D eigenvalue weighted by Crippen LogP contribution is 2.20. The molecule has 138 valence electrons. The number of rotatable bonds is 7. The Labute approximate surface area is 167 Å². The van der Waals surface area contributed by atoms with Crippen molar-refractivity contribution in [2.75, 3.05) is 0 Å². The summed E-state index contributed by atoms with van der Waals surface area (Å²) in [4.78, 5) is 26.2. The fraction of sp³-hybridized carbons (Fsp3) is 0.143. The molecule has 6 heteroatoms. The third-order valence-corrected chi connectivity index (χ3v) is 5.26. The molecule has 3 rings (SSSR count). The van der Waals surface area contributed by atoms with Gasteiger partial charge in [0, 0.05) is 4.88 Å². The summed E-state index contributed by atoms with van der Waals surface area (Å²) in [6.07, 6.45) is 0.144. The maximum absolute atomic E-state index is 12.6. The minimum absolute atomic E-state index is 0.128. The van der Waals surface area contributed by atoms with Gasteiger partial charge in [0.1, 0.15) is 0 Å². The van der Waals surface area contributed by atoms with E-state index >= 15 is 0 Å². The molecule has 2 N–H and O–H groups in total. The van der Waals surface area contributed by atoms with Crippen molar-refractivity contribution >= 4 is 34.8 Å². The van der Waals surface area contributed by atoms with Crippen molar-refractivity contribution < 1.29 is 9.59 Å². The van der Waals surface area contributed by atoms with E-state index in [1.54, 1.807) is 35.6 Å². The maximum Gasteiger partial charge on any atom is 0.253 e. The molecule has 1 heterocycles. The van der Waals surface area contributed by atoms with Crippen LogP contribution >= 0.6 is 22.9 Å². The number of amides is 2. The molecule has 0 aliphatic rings. The van der Waals surface area contributed by atoms with Crippen LogP contribution in [0.1, 0.15) is 33.3 Å². The highest BCUT2D eigenvalue weighted by molar-refractivity contribution is 7.09. The molecule has 0 saturated carbocycles. The zero-order chi connectivity index (χ0) is 19.1. The lowest BCUT2D eigenvalue weighted by molar-refractivity contribution is -0.121. The van der Waals surface area contributed by atoms with Crippen molar-refractivity contribution in [1.82, 2.24) is 10.6 Å². The molecule has 2 amide bonds. The Morgan fingerprint density at radius 2 is 1.70 bits per heavy atom. The van der Waals surface area contributed by atoms with Crippen LogP contribution in [0.4, 0.5) is 0 Å². The van der Waals surface area contributed by atoms with E-state index in [4.69, 9.17) is 11.6 Å². The van der Waals surface area contributed by atoms with Gasteiger partial charge in [-0.1, -0.05) is 60.1 Å². The van der Waals surface area contributed by atoms with Crippen LogP contribution in [0.25, 0.3) is 0 Å². The van der Waals surface area contributed by atoms with Crippen LogP contribution in [0.15, 0.2) is 72.1 Å². The van der Waals surface area contributed by atoms with Gasteiger partial charge in [-0.05, 0) is 29.1 Å². The third kappa shape index (κ3) is 5.42. The highest BCUT2D eigenvalue weighted by atomic mass is 35.5. The highest BCUT2D eigenvalue weighted by Gasteiger charge is 2.20. The van der Waals surface area contributed by atoms with E-state index in [-0.39, 0.29) is 18.2 Å².